The van der Waals surface area contributed by atoms with Crippen molar-refractivity contribution in [2.75, 3.05) is 0 Å². The number of imidazole rings is 1. The molecule has 0 bridgehead atoms. The third-order valence-electron chi connectivity index (χ3n) is 2.92. The zero-order chi connectivity index (χ0) is 11.8. The molecule has 0 radical (unpaired) electrons. The van der Waals surface area contributed by atoms with E-state index in [4.69, 9.17) is 0 Å². The van der Waals surface area contributed by atoms with Gasteiger partial charge in [-0.2, -0.15) is 0 Å². The Morgan fingerprint density at radius 1 is 1.56 bits per heavy atom. The first-order valence-electron chi connectivity index (χ1n) is 5.78. The number of carbonyl (C=O) groups excluding carboxylic acids is 1. The van der Waals surface area contributed by atoms with Crippen LogP contribution in [0.4, 0.5) is 0 Å². The average molecular weight is 221 g/mol. The van der Waals surface area contributed by atoms with Gasteiger partial charge >= 0.3 is 0 Å². The van der Waals surface area contributed by atoms with Crippen LogP contribution in [0.5, 0.6) is 0 Å². The maximum atomic E-state index is 12.0. The van der Waals surface area contributed by atoms with Crippen LogP contribution in [-0.4, -0.2) is 15.9 Å². The van der Waals surface area contributed by atoms with E-state index >= 15 is 0 Å². The third kappa shape index (κ3) is 2.43. The minimum absolute atomic E-state index is 0.0963. The van der Waals surface area contributed by atoms with Crippen LogP contribution < -0.4 is 5.32 Å². The molecule has 0 saturated heterocycles. The van der Waals surface area contributed by atoms with Crippen LogP contribution in [0.1, 0.15) is 45.3 Å². The fourth-order valence-corrected chi connectivity index (χ4v) is 1.67. The first-order chi connectivity index (χ1) is 7.48. The second-order valence-electron chi connectivity index (χ2n) is 5.55. The van der Waals surface area contributed by atoms with Crippen LogP contribution in [0.15, 0.2) is 12.5 Å². The zero-order valence-electron chi connectivity index (χ0n) is 10.1. The van der Waals surface area contributed by atoms with Gasteiger partial charge in [-0.3, -0.25) is 4.79 Å². The Kier molecular flexibility index (Phi) is 2.74. The van der Waals surface area contributed by atoms with Crippen molar-refractivity contribution in [3.63, 3.8) is 0 Å². The van der Waals surface area contributed by atoms with Gasteiger partial charge in [0.15, 0.2) is 0 Å². The highest BCUT2D eigenvalue weighted by atomic mass is 16.2. The number of aromatic nitrogens is 2. The highest BCUT2D eigenvalue weighted by Crippen LogP contribution is 2.40. The van der Waals surface area contributed by atoms with Gasteiger partial charge in [-0.05, 0) is 18.8 Å². The van der Waals surface area contributed by atoms with E-state index in [0.29, 0.717) is 5.92 Å². The molecule has 0 aromatic carbocycles. The average Bonchev–Trinajstić information content (AvgIpc) is 2.88. The van der Waals surface area contributed by atoms with Crippen molar-refractivity contribution in [3.8, 4) is 0 Å². The van der Waals surface area contributed by atoms with E-state index < -0.39 is 0 Å². The van der Waals surface area contributed by atoms with Gasteiger partial charge in [0.1, 0.15) is 0 Å². The van der Waals surface area contributed by atoms with E-state index in [1.807, 2.05) is 20.8 Å². The van der Waals surface area contributed by atoms with Crippen molar-refractivity contribution in [1.29, 1.82) is 0 Å². The third-order valence-corrected chi connectivity index (χ3v) is 2.92. The summed E-state index contributed by atoms with van der Waals surface area (Å²) in [6.45, 7) is 5.79. The van der Waals surface area contributed by atoms with E-state index in [-0.39, 0.29) is 17.4 Å². The van der Waals surface area contributed by atoms with Gasteiger partial charge in [0.2, 0.25) is 5.91 Å². The van der Waals surface area contributed by atoms with Crippen LogP contribution in [0, 0.1) is 11.3 Å². The number of hydrogen-bond donors (Lipinski definition) is 2. The summed E-state index contributed by atoms with van der Waals surface area (Å²) in [5, 5.41) is 3.11. The molecule has 2 N–H and O–H groups in total. The van der Waals surface area contributed by atoms with Crippen molar-refractivity contribution in [2.45, 2.75) is 39.7 Å². The zero-order valence-corrected chi connectivity index (χ0v) is 10.1. The highest BCUT2D eigenvalue weighted by molar-refractivity contribution is 5.81. The molecule has 1 aliphatic carbocycles. The molecule has 1 saturated carbocycles. The molecule has 1 fully saturated rings. The SMILES string of the molecule is CC(C)(C)C(=O)NC(c1cnc[nH]1)C1CC1. The summed E-state index contributed by atoms with van der Waals surface area (Å²) >= 11 is 0. The maximum Gasteiger partial charge on any atom is 0.225 e. The van der Waals surface area contributed by atoms with Crippen LogP contribution in [0.3, 0.4) is 0 Å². The molecular formula is C12H19N3O. The fraction of sp³-hybridized carbons (Fsp3) is 0.667. The minimum atomic E-state index is -0.340. The number of rotatable bonds is 3. The summed E-state index contributed by atoms with van der Waals surface area (Å²) in [6.07, 6.45) is 5.84. The predicted octanol–water partition coefficient (Wildman–Crippen LogP) is 2.02. The lowest BCUT2D eigenvalue weighted by Gasteiger charge is -2.23. The lowest BCUT2D eigenvalue weighted by atomic mass is 9.94. The van der Waals surface area contributed by atoms with E-state index in [2.05, 4.69) is 15.3 Å². The Bertz CT molecular complexity index is 360. The van der Waals surface area contributed by atoms with Crippen molar-refractivity contribution in [3.05, 3.63) is 18.2 Å². The molecule has 1 unspecified atom stereocenters. The van der Waals surface area contributed by atoms with Gasteiger partial charge in [0.25, 0.3) is 0 Å². The van der Waals surface area contributed by atoms with Gasteiger partial charge in [0.05, 0.1) is 24.3 Å². The van der Waals surface area contributed by atoms with Crippen molar-refractivity contribution in [1.82, 2.24) is 15.3 Å². The van der Waals surface area contributed by atoms with E-state index in [9.17, 15) is 4.79 Å². The first kappa shape index (κ1) is 11.2. The highest BCUT2D eigenvalue weighted by Gasteiger charge is 2.36. The summed E-state index contributed by atoms with van der Waals surface area (Å²) in [4.78, 5) is 19.1. The lowest BCUT2D eigenvalue weighted by molar-refractivity contribution is -0.129. The smallest absolute Gasteiger partial charge is 0.225 e. The summed E-state index contributed by atoms with van der Waals surface area (Å²) < 4.78 is 0. The second kappa shape index (κ2) is 3.92. The Labute approximate surface area is 95.9 Å². The number of aromatic amines is 1. The molecule has 1 aromatic heterocycles. The Morgan fingerprint density at radius 3 is 2.69 bits per heavy atom. The van der Waals surface area contributed by atoms with Crippen molar-refractivity contribution in [2.24, 2.45) is 11.3 Å². The molecule has 1 heterocycles. The van der Waals surface area contributed by atoms with Gasteiger partial charge in [-0.15, -0.1) is 0 Å². The fourth-order valence-electron chi connectivity index (χ4n) is 1.67. The van der Waals surface area contributed by atoms with Crippen molar-refractivity contribution < 1.29 is 4.79 Å². The molecule has 0 spiro atoms. The van der Waals surface area contributed by atoms with Gasteiger partial charge in [-0.1, -0.05) is 20.8 Å². The minimum Gasteiger partial charge on any atom is -0.347 e. The number of nitrogens with zero attached hydrogens (tertiary/aromatic N) is 1. The Balaban J connectivity index is 2.07. The molecule has 1 amide bonds. The summed E-state index contributed by atoms with van der Waals surface area (Å²) in [7, 11) is 0. The number of nitrogens with one attached hydrogen (secondary N) is 2. The molecule has 88 valence electrons. The topological polar surface area (TPSA) is 57.8 Å². The van der Waals surface area contributed by atoms with E-state index in [1.165, 1.54) is 12.8 Å². The van der Waals surface area contributed by atoms with E-state index in [0.717, 1.165) is 5.69 Å². The van der Waals surface area contributed by atoms with Crippen LogP contribution in [-0.2, 0) is 4.79 Å². The Hall–Kier alpha value is -1.32. The molecule has 16 heavy (non-hydrogen) atoms. The molecule has 4 heteroatoms. The molecule has 1 aliphatic rings. The largest absolute Gasteiger partial charge is 0.347 e. The van der Waals surface area contributed by atoms with Gasteiger partial charge in [-0.25, -0.2) is 4.98 Å². The number of H-pyrrole nitrogens is 1. The summed E-state index contributed by atoms with van der Waals surface area (Å²) in [5.74, 6) is 0.672. The number of hydrogen-bond acceptors (Lipinski definition) is 2. The summed E-state index contributed by atoms with van der Waals surface area (Å²) in [6, 6.07) is 0.106. The lowest BCUT2D eigenvalue weighted by Crippen LogP contribution is -2.38. The molecule has 0 aliphatic heterocycles. The molecular weight excluding hydrogens is 202 g/mol. The molecule has 1 atom stereocenters. The van der Waals surface area contributed by atoms with Gasteiger partial charge < -0.3 is 10.3 Å². The quantitative estimate of drug-likeness (QED) is 0.820. The van der Waals surface area contributed by atoms with Crippen LogP contribution >= 0.6 is 0 Å². The number of amides is 1. The van der Waals surface area contributed by atoms with Crippen LogP contribution in [0.2, 0.25) is 0 Å². The number of carbonyl (C=O) groups is 1. The molecule has 4 nitrogen and oxygen atoms in total. The van der Waals surface area contributed by atoms with Gasteiger partial charge in [0, 0.05) is 5.41 Å². The standard InChI is InChI=1S/C12H19N3O/c1-12(2,3)11(16)15-10(8-4-5-8)9-6-13-7-14-9/h6-8,10H,4-5H2,1-3H3,(H,13,14)(H,15,16). The maximum absolute atomic E-state index is 12.0. The normalized spacial score (nSPS) is 18.2. The van der Waals surface area contributed by atoms with Crippen LogP contribution in [0.25, 0.3) is 0 Å². The Morgan fingerprint density at radius 2 is 2.25 bits per heavy atom. The van der Waals surface area contributed by atoms with Crippen molar-refractivity contribution >= 4 is 5.91 Å². The predicted molar refractivity (Wildman–Crippen MR) is 61.7 cm³/mol. The monoisotopic (exact) mass is 221 g/mol. The van der Waals surface area contributed by atoms with E-state index in [1.54, 1.807) is 12.5 Å². The second-order valence-corrected chi connectivity index (χ2v) is 5.55. The molecule has 1 aromatic rings. The summed E-state index contributed by atoms with van der Waals surface area (Å²) in [5.41, 5.74) is 0.674. The molecule has 2 rings (SSSR count). The first-order valence-corrected chi connectivity index (χ1v) is 5.78.